The predicted octanol–water partition coefficient (Wildman–Crippen LogP) is -1.43. The Morgan fingerprint density at radius 1 is 1.50 bits per heavy atom. The zero-order valence-electron chi connectivity index (χ0n) is 10.8. The first-order chi connectivity index (χ1) is 9.50. The van der Waals surface area contributed by atoms with Gasteiger partial charge in [-0.25, -0.2) is 4.98 Å². The summed E-state index contributed by atoms with van der Waals surface area (Å²) in [6.45, 7) is 1.57. The number of nitrogens with zero attached hydrogens (tertiary/aromatic N) is 2. The molecular formula is C11H15N5O4. The third kappa shape index (κ3) is 2.83. The number of carbonyl (C=O) groups excluding carboxylic acids is 1. The molecule has 1 amide bonds. The molecule has 0 aromatic carbocycles. The Morgan fingerprint density at radius 2 is 2.25 bits per heavy atom. The van der Waals surface area contributed by atoms with Crippen molar-refractivity contribution in [1.29, 1.82) is 0 Å². The van der Waals surface area contributed by atoms with E-state index >= 15 is 0 Å². The van der Waals surface area contributed by atoms with Crippen molar-refractivity contribution in [3.05, 3.63) is 22.4 Å². The van der Waals surface area contributed by atoms with E-state index < -0.39 is 17.8 Å². The number of hydrogen-bond acceptors (Lipinski definition) is 6. The lowest BCUT2D eigenvalue weighted by Crippen LogP contribution is -2.28. The van der Waals surface area contributed by atoms with E-state index in [0.717, 1.165) is 0 Å². The predicted molar refractivity (Wildman–Crippen MR) is 68.8 cm³/mol. The SMILES string of the molecule is CC(=O)NCCC(O)C(O)c1[nH]nc2nc[nH]c(=O)c12. The van der Waals surface area contributed by atoms with Crippen LogP contribution in [0.2, 0.25) is 0 Å². The van der Waals surface area contributed by atoms with Crippen LogP contribution in [0.15, 0.2) is 11.1 Å². The minimum Gasteiger partial charge on any atom is -0.390 e. The highest BCUT2D eigenvalue weighted by atomic mass is 16.3. The van der Waals surface area contributed by atoms with Crippen LogP contribution in [-0.2, 0) is 4.79 Å². The van der Waals surface area contributed by atoms with Crippen molar-refractivity contribution in [2.75, 3.05) is 6.54 Å². The third-order valence-corrected chi connectivity index (χ3v) is 2.86. The van der Waals surface area contributed by atoms with E-state index in [4.69, 9.17) is 0 Å². The van der Waals surface area contributed by atoms with Crippen LogP contribution in [0.4, 0.5) is 0 Å². The van der Waals surface area contributed by atoms with Gasteiger partial charge in [0.15, 0.2) is 5.65 Å². The molecule has 108 valence electrons. The molecule has 0 spiro atoms. The standard InChI is InChI=1S/C11H15N5O4/c1-5(17)12-3-2-6(18)9(19)8-7-10(16-15-8)13-4-14-11(7)20/h4,6,9,18-19H,2-3H2,1H3,(H,12,17)(H2,13,14,15,16,20). The number of aliphatic hydroxyl groups is 2. The van der Waals surface area contributed by atoms with Crippen molar-refractivity contribution in [3.63, 3.8) is 0 Å². The monoisotopic (exact) mass is 281 g/mol. The lowest BCUT2D eigenvalue weighted by molar-refractivity contribution is -0.119. The van der Waals surface area contributed by atoms with E-state index in [1.165, 1.54) is 13.3 Å². The largest absolute Gasteiger partial charge is 0.390 e. The van der Waals surface area contributed by atoms with Crippen LogP contribution in [0, 0.1) is 0 Å². The van der Waals surface area contributed by atoms with Crippen molar-refractivity contribution < 1.29 is 15.0 Å². The maximum Gasteiger partial charge on any atom is 0.262 e. The molecule has 0 saturated carbocycles. The van der Waals surface area contributed by atoms with Gasteiger partial charge in [-0.15, -0.1) is 0 Å². The molecule has 0 radical (unpaired) electrons. The molecule has 2 heterocycles. The maximum atomic E-state index is 11.7. The van der Waals surface area contributed by atoms with E-state index in [1.54, 1.807) is 0 Å². The van der Waals surface area contributed by atoms with E-state index in [9.17, 15) is 19.8 Å². The fourth-order valence-corrected chi connectivity index (χ4v) is 1.85. The number of fused-ring (bicyclic) bond motifs is 1. The van der Waals surface area contributed by atoms with Crippen LogP contribution in [0.3, 0.4) is 0 Å². The van der Waals surface area contributed by atoms with Crippen LogP contribution in [0.25, 0.3) is 11.0 Å². The van der Waals surface area contributed by atoms with Gasteiger partial charge in [0.2, 0.25) is 5.91 Å². The lowest BCUT2D eigenvalue weighted by Gasteiger charge is -2.16. The number of aromatic nitrogens is 4. The number of H-pyrrole nitrogens is 2. The summed E-state index contributed by atoms with van der Waals surface area (Å²) >= 11 is 0. The number of nitrogens with one attached hydrogen (secondary N) is 3. The van der Waals surface area contributed by atoms with Gasteiger partial charge in [-0.05, 0) is 6.42 Å². The fourth-order valence-electron chi connectivity index (χ4n) is 1.85. The quantitative estimate of drug-likeness (QED) is 0.454. The first-order valence-electron chi connectivity index (χ1n) is 6.03. The molecule has 0 fully saturated rings. The van der Waals surface area contributed by atoms with Gasteiger partial charge in [-0.2, -0.15) is 5.10 Å². The Balaban J connectivity index is 2.16. The van der Waals surface area contributed by atoms with Crippen LogP contribution in [-0.4, -0.2) is 48.9 Å². The zero-order valence-corrected chi connectivity index (χ0v) is 10.8. The lowest BCUT2D eigenvalue weighted by atomic mass is 10.1. The van der Waals surface area contributed by atoms with Gasteiger partial charge < -0.3 is 20.5 Å². The van der Waals surface area contributed by atoms with Gasteiger partial charge in [0.25, 0.3) is 5.56 Å². The summed E-state index contributed by atoms with van der Waals surface area (Å²) in [4.78, 5) is 28.6. The van der Waals surface area contributed by atoms with Gasteiger partial charge >= 0.3 is 0 Å². The molecule has 0 aliphatic rings. The van der Waals surface area contributed by atoms with Gasteiger partial charge in [-0.3, -0.25) is 14.7 Å². The van der Waals surface area contributed by atoms with Gasteiger partial charge in [0.05, 0.1) is 18.1 Å². The molecule has 0 bridgehead atoms. The van der Waals surface area contributed by atoms with E-state index in [2.05, 4.69) is 25.5 Å². The first-order valence-corrected chi connectivity index (χ1v) is 6.03. The second kappa shape index (κ2) is 5.80. The highest BCUT2D eigenvalue weighted by Gasteiger charge is 2.24. The van der Waals surface area contributed by atoms with E-state index in [0.29, 0.717) is 0 Å². The van der Waals surface area contributed by atoms with Gasteiger partial charge in [0.1, 0.15) is 11.5 Å². The molecule has 0 aliphatic carbocycles. The van der Waals surface area contributed by atoms with Crippen LogP contribution in [0.1, 0.15) is 25.1 Å². The second-order valence-electron chi connectivity index (χ2n) is 4.35. The number of carbonyl (C=O) groups is 1. The van der Waals surface area contributed by atoms with Crippen molar-refractivity contribution in [1.82, 2.24) is 25.5 Å². The molecule has 2 rings (SSSR count). The molecule has 0 aliphatic heterocycles. The summed E-state index contributed by atoms with van der Waals surface area (Å²) in [5.74, 6) is -0.223. The summed E-state index contributed by atoms with van der Waals surface area (Å²) in [6, 6.07) is 0. The highest BCUT2D eigenvalue weighted by molar-refractivity contribution is 5.76. The molecule has 5 N–H and O–H groups in total. The Morgan fingerprint density at radius 3 is 2.95 bits per heavy atom. The summed E-state index contributed by atoms with van der Waals surface area (Å²) < 4.78 is 0. The van der Waals surface area contributed by atoms with Crippen LogP contribution < -0.4 is 10.9 Å². The Hall–Kier alpha value is -2.26. The number of aliphatic hydroxyl groups excluding tert-OH is 2. The summed E-state index contributed by atoms with van der Waals surface area (Å²) in [5, 5.41) is 28.8. The molecule has 2 unspecified atom stereocenters. The molecular weight excluding hydrogens is 266 g/mol. The Bertz CT molecular complexity index is 664. The normalized spacial score (nSPS) is 14.2. The van der Waals surface area contributed by atoms with Crippen molar-refractivity contribution in [2.24, 2.45) is 0 Å². The molecule has 0 saturated heterocycles. The van der Waals surface area contributed by atoms with Crippen molar-refractivity contribution in [3.8, 4) is 0 Å². The molecule has 9 nitrogen and oxygen atoms in total. The minimum atomic E-state index is -1.32. The second-order valence-corrected chi connectivity index (χ2v) is 4.35. The van der Waals surface area contributed by atoms with E-state index in [-0.39, 0.29) is 35.6 Å². The molecule has 2 aromatic heterocycles. The third-order valence-electron chi connectivity index (χ3n) is 2.86. The van der Waals surface area contributed by atoms with E-state index in [1.807, 2.05) is 0 Å². The topological polar surface area (TPSA) is 144 Å². The number of aromatic amines is 2. The summed E-state index contributed by atoms with van der Waals surface area (Å²) in [5.41, 5.74) is -0.187. The fraction of sp³-hybridized carbons (Fsp3) is 0.455. The number of hydrogen-bond donors (Lipinski definition) is 5. The smallest absolute Gasteiger partial charge is 0.262 e. The average molecular weight is 281 g/mol. The Kier molecular flexibility index (Phi) is 4.11. The van der Waals surface area contributed by atoms with Crippen molar-refractivity contribution in [2.45, 2.75) is 25.6 Å². The molecule has 20 heavy (non-hydrogen) atoms. The van der Waals surface area contributed by atoms with Crippen LogP contribution >= 0.6 is 0 Å². The maximum absolute atomic E-state index is 11.7. The first kappa shape index (κ1) is 14.2. The van der Waals surface area contributed by atoms with Gasteiger partial charge in [-0.1, -0.05) is 0 Å². The summed E-state index contributed by atoms with van der Waals surface area (Å²) in [6.07, 6.45) is -1.13. The zero-order chi connectivity index (χ0) is 14.7. The number of rotatable bonds is 5. The minimum absolute atomic E-state index is 0.102. The van der Waals surface area contributed by atoms with Crippen LogP contribution in [0.5, 0.6) is 0 Å². The molecule has 2 atom stereocenters. The molecule has 9 heteroatoms. The molecule has 2 aromatic rings. The highest BCUT2D eigenvalue weighted by Crippen LogP contribution is 2.21. The summed E-state index contributed by atoms with van der Waals surface area (Å²) in [7, 11) is 0. The number of amides is 1. The van der Waals surface area contributed by atoms with Crippen molar-refractivity contribution >= 4 is 16.9 Å². The average Bonchev–Trinajstić information content (AvgIpc) is 2.82. The Labute approximate surface area is 113 Å². The van der Waals surface area contributed by atoms with Gasteiger partial charge in [0, 0.05) is 13.5 Å².